The third kappa shape index (κ3) is 2.46. The van der Waals surface area contributed by atoms with Crippen LogP contribution in [-0.4, -0.2) is 19.4 Å². The average Bonchev–Trinajstić information content (AvgIpc) is 2.46. The van der Waals surface area contributed by atoms with E-state index in [1.807, 2.05) is 19.1 Å². The van der Waals surface area contributed by atoms with Crippen molar-refractivity contribution in [1.82, 2.24) is 0 Å². The molecule has 1 unspecified atom stereocenters. The third-order valence-electron chi connectivity index (χ3n) is 4.16. The molecular weight excluding hydrogens is 266 g/mol. The van der Waals surface area contributed by atoms with Gasteiger partial charge in [0, 0.05) is 18.5 Å². The number of aryl methyl sites for hydroxylation is 1. The van der Waals surface area contributed by atoms with Crippen LogP contribution in [0.25, 0.3) is 11.0 Å². The van der Waals surface area contributed by atoms with Gasteiger partial charge in [0.2, 0.25) is 0 Å². The zero-order valence-corrected chi connectivity index (χ0v) is 12.4. The van der Waals surface area contributed by atoms with Gasteiger partial charge in [0.05, 0.1) is 5.69 Å². The highest BCUT2D eigenvalue weighted by atomic mass is 16.4. The monoisotopic (exact) mass is 285 g/mol. The van der Waals surface area contributed by atoms with Gasteiger partial charge in [-0.05, 0) is 37.8 Å². The summed E-state index contributed by atoms with van der Waals surface area (Å²) in [5.74, 6) is 0.561. The van der Waals surface area contributed by atoms with E-state index >= 15 is 0 Å². The molecule has 21 heavy (non-hydrogen) atoms. The summed E-state index contributed by atoms with van der Waals surface area (Å²) >= 11 is 0. The van der Waals surface area contributed by atoms with Crippen LogP contribution in [0, 0.1) is 12.8 Å². The lowest BCUT2D eigenvalue weighted by atomic mass is 9.98. The first-order valence-electron chi connectivity index (χ1n) is 7.37. The molecule has 1 atom stereocenters. The molecule has 0 amide bonds. The topological polar surface area (TPSA) is 50.5 Å². The second kappa shape index (κ2) is 5.35. The van der Waals surface area contributed by atoms with E-state index in [2.05, 4.69) is 11.8 Å². The van der Waals surface area contributed by atoms with Gasteiger partial charge in [-0.25, -0.2) is 4.79 Å². The second-order valence-electron chi connectivity index (χ2n) is 5.96. The van der Waals surface area contributed by atoms with E-state index in [9.17, 15) is 9.59 Å². The zero-order valence-electron chi connectivity index (χ0n) is 12.4. The van der Waals surface area contributed by atoms with Crippen LogP contribution in [0.4, 0.5) is 5.69 Å². The Balaban J connectivity index is 2.28. The molecule has 0 bridgehead atoms. The minimum atomic E-state index is -0.547. The van der Waals surface area contributed by atoms with E-state index in [0.717, 1.165) is 36.1 Å². The smallest absolute Gasteiger partial charge is 0.349 e. The van der Waals surface area contributed by atoms with Crippen LogP contribution in [0.1, 0.15) is 35.7 Å². The molecule has 1 fully saturated rings. The summed E-state index contributed by atoms with van der Waals surface area (Å²) in [5.41, 5.74) is 1.97. The van der Waals surface area contributed by atoms with Gasteiger partial charge in [-0.2, -0.15) is 0 Å². The second-order valence-corrected chi connectivity index (χ2v) is 5.96. The molecule has 2 heterocycles. The number of rotatable bonds is 2. The Hall–Kier alpha value is -2.10. The third-order valence-corrected chi connectivity index (χ3v) is 4.16. The predicted octanol–water partition coefficient (Wildman–Crippen LogP) is 3.15. The maximum Gasteiger partial charge on any atom is 0.349 e. The largest absolute Gasteiger partial charge is 0.422 e. The van der Waals surface area contributed by atoms with Gasteiger partial charge in [0.15, 0.2) is 6.29 Å². The van der Waals surface area contributed by atoms with E-state index in [4.69, 9.17) is 4.42 Å². The number of aldehydes is 1. The summed E-state index contributed by atoms with van der Waals surface area (Å²) in [4.78, 5) is 25.6. The van der Waals surface area contributed by atoms with Crippen molar-refractivity contribution in [2.75, 3.05) is 18.0 Å². The Kier molecular flexibility index (Phi) is 3.53. The Morgan fingerprint density at radius 3 is 2.90 bits per heavy atom. The van der Waals surface area contributed by atoms with Crippen molar-refractivity contribution in [2.45, 2.75) is 26.7 Å². The molecule has 4 nitrogen and oxygen atoms in total. The Labute approximate surface area is 123 Å². The highest BCUT2D eigenvalue weighted by Gasteiger charge is 2.23. The van der Waals surface area contributed by atoms with Crippen LogP contribution in [0.3, 0.4) is 0 Å². The number of carbonyl (C=O) groups is 1. The number of fused-ring (bicyclic) bond motifs is 1. The van der Waals surface area contributed by atoms with Crippen LogP contribution < -0.4 is 10.5 Å². The number of hydrogen-bond acceptors (Lipinski definition) is 4. The number of piperidine rings is 1. The standard InChI is InChI=1S/C17H19NO3/c1-11-5-6-15-13(8-11)16(14(10-19)17(20)21-15)18-7-3-4-12(2)9-18/h5-6,8,10,12H,3-4,7,9H2,1-2H3. The molecule has 0 spiro atoms. The van der Waals surface area contributed by atoms with Gasteiger partial charge in [0.1, 0.15) is 11.1 Å². The van der Waals surface area contributed by atoms with Gasteiger partial charge in [-0.3, -0.25) is 4.79 Å². The van der Waals surface area contributed by atoms with Crippen LogP contribution in [0.15, 0.2) is 27.4 Å². The van der Waals surface area contributed by atoms with E-state index in [-0.39, 0.29) is 5.56 Å². The maximum absolute atomic E-state index is 12.1. The number of hydrogen-bond donors (Lipinski definition) is 0. The van der Waals surface area contributed by atoms with Gasteiger partial charge < -0.3 is 9.32 Å². The highest BCUT2D eigenvalue weighted by Crippen LogP contribution is 2.32. The SMILES string of the molecule is Cc1ccc2oc(=O)c(C=O)c(N3CCCC(C)C3)c2c1. The first kappa shape index (κ1) is 13.9. The van der Waals surface area contributed by atoms with Crippen molar-refractivity contribution in [3.05, 3.63) is 39.7 Å². The fourth-order valence-corrected chi connectivity index (χ4v) is 3.15. The van der Waals surface area contributed by atoms with Gasteiger partial charge in [0.25, 0.3) is 0 Å². The number of carbonyl (C=O) groups excluding carboxylic acids is 1. The molecule has 1 aromatic carbocycles. The Bertz CT molecular complexity index is 748. The number of benzene rings is 1. The molecule has 0 N–H and O–H groups in total. The van der Waals surface area contributed by atoms with Crippen LogP contribution in [0.2, 0.25) is 0 Å². The van der Waals surface area contributed by atoms with Gasteiger partial charge in [-0.1, -0.05) is 18.6 Å². The summed E-state index contributed by atoms with van der Waals surface area (Å²) in [6.45, 7) is 5.93. The summed E-state index contributed by atoms with van der Waals surface area (Å²) in [6.07, 6.45) is 2.89. The average molecular weight is 285 g/mol. The summed E-state index contributed by atoms with van der Waals surface area (Å²) < 4.78 is 5.28. The van der Waals surface area contributed by atoms with Gasteiger partial charge in [-0.15, -0.1) is 0 Å². The lowest BCUT2D eigenvalue weighted by Crippen LogP contribution is -2.36. The van der Waals surface area contributed by atoms with Crippen molar-refractivity contribution in [3.63, 3.8) is 0 Å². The quantitative estimate of drug-likeness (QED) is 0.628. The molecule has 3 rings (SSSR count). The summed E-state index contributed by atoms with van der Waals surface area (Å²) in [7, 11) is 0. The lowest BCUT2D eigenvalue weighted by Gasteiger charge is -2.33. The van der Waals surface area contributed by atoms with Crippen LogP contribution >= 0.6 is 0 Å². The summed E-state index contributed by atoms with van der Waals surface area (Å²) in [6, 6.07) is 5.70. The Morgan fingerprint density at radius 2 is 2.19 bits per heavy atom. The number of anilines is 1. The van der Waals surface area contributed by atoms with Crippen molar-refractivity contribution in [3.8, 4) is 0 Å². The van der Waals surface area contributed by atoms with E-state index in [1.165, 1.54) is 6.42 Å². The van der Waals surface area contributed by atoms with Crippen molar-refractivity contribution in [2.24, 2.45) is 5.92 Å². The van der Waals surface area contributed by atoms with Crippen molar-refractivity contribution >= 4 is 22.9 Å². The molecule has 0 radical (unpaired) electrons. The van der Waals surface area contributed by atoms with Crippen molar-refractivity contribution < 1.29 is 9.21 Å². The highest BCUT2D eigenvalue weighted by molar-refractivity contribution is 5.99. The normalized spacial score (nSPS) is 19.0. The fourth-order valence-electron chi connectivity index (χ4n) is 3.15. The molecule has 1 saturated heterocycles. The first-order valence-corrected chi connectivity index (χ1v) is 7.37. The molecule has 0 saturated carbocycles. The molecular formula is C17H19NO3. The lowest BCUT2D eigenvalue weighted by molar-refractivity contribution is 0.112. The van der Waals surface area contributed by atoms with E-state index < -0.39 is 5.63 Å². The maximum atomic E-state index is 12.1. The molecule has 4 heteroatoms. The molecule has 110 valence electrons. The molecule has 1 aliphatic heterocycles. The molecule has 1 aromatic heterocycles. The van der Waals surface area contributed by atoms with Crippen LogP contribution in [0.5, 0.6) is 0 Å². The Morgan fingerprint density at radius 1 is 1.38 bits per heavy atom. The minimum Gasteiger partial charge on any atom is -0.422 e. The van der Waals surface area contributed by atoms with E-state index in [0.29, 0.717) is 17.8 Å². The van der Waals surface area contributed by atoms with Crippen molar-refractivity contribution in [1.29, 1.82) is 0 Å². The molecule has 1 aliphatic rings. The fraction of sp³-hybridized carbons (Fsp3) is 0.412. The predicted molar refractivity (Wildman–Crippen MR) is 83.2 cm³/mol. The first-order chi connectivity index (χ1) is 10.1. The van der Waals surface area contributed by atoms with Gasteiger partial charge >= 0.3 is 5.63 Å². The van der Waals surface area contributed by atoms with Crippen LogP contribution in [-0.2, 0) is 0 Å². The molecule has 0 aliphatic carbocycles. The molecule has 2 aromatic rings. The van der Waals surface area contributed by atoms with E-state index in [1.54, 1.807) is 6.07 Å². The minimum absolute atomic E-state index is 0.141. The number of nitrogens with zero attached hydrogens (tertiary/aromatic N) is 1. The summed E-state index contributed by atoms with van der Waals surface area (Å²) in [5, 5.41) is 0.853. The zero-order chi connectivity index (χ0) is 15.0.